The molecule has 0 aromatic heterocycles. The van der Waals surface area contributed by atoms with E-state index in [1.54, 1.807) is 0 Å². The lowest BCUT2D eigenvalue weighted by Crippen LogP contribution is -2.09. The van der Waals surface area contributed by atoms with E-state index in [0.717, 1.165) is 11.4 Å². The van der Waals surface area contributed by atoms with Crippen LogP contribution in [0.2, 0.25) is 0 Å². The van der Waals surface area contributed by atoms with Gasteiger partial charge in [0.15, 0.2) is 0 Å². The van der Waals surface area contributed by atoms with Crippen LogP contribution in [0.5, 0.6) is 5.75 Å². The zero-order valence-corrected chi connectivity index (χ0v) is 12.6. The Kier molecular flexibility index (Phi) is 4.18. The highest BCUT2D eigenvalue weighted by Gasteiger charge is 2.06. The van der Waals surface area contributed by atoms with E-state index in [1.165, 1.54) is 16.7 Å². The fourth-order valence-corrected chi connectivity index (χ4v) is 2.04. The maximum absolute atomic E-state index is 5.98. The van der Waals surface area contributed by atoms with Crippen molar-refractivity contribution in [3.63, 3.8) is 0 Å². The molecule has 0 bridgehead atoms. The third kappa shape index (κ3) is 3.23. The monoisotopic (exact) mass is 270 g/mol. The number of rotatable bonds is 4. The fraction of sp³-hybridized carbons (Fsp3) is 0.294. The minimum atomic E-state index is 0.536. The SMILES string of the molecule is Cc1ccc(C)c(COc2cc(N(C)C)ccc2N)c1. The number of ether oxygens (including phenoxy) is 1. The van der Waals surface area contributed by atoms with Gasteiger partial charge in [-0.15, -0.1) is 0 Å². The van der Waals surface area contributed by atoms with Crippen LogP contribution in [-0.4, -0.2) is 14.1 Å². The van der Waals surface area contributed by atoms with Crippen LogP contribution in [0.3, 0.4) is 0 Å². The average molecular weight is 270 g/mol. The van der Waals surface area contributed by atoms with Gasteiger partial charge in [-0.25, -0.2) is 0 Å². The highest BCUT2D eigenvalue weighted by Crippen LogP contribution is 2.28. The molecular weight excluding hydrogens is 248 g/mol. The molecule has 0 amide bonds. The number of nitrogen functional groups attached to an aromatic ring is 1. The summed E-state index contributed by atoms with van der Waals surface area (Å²) < 4.78 is 5.90. The number of nitrogens with zero attached hydrogens (tertiary/aromatic N) is 1. The van der Waals surface area contributed by atoms with Gasteiger partial charge in [0.2, 0.25) is 0 Å². The van der Waals surface area contributed by atoms with Crippen LogP contribution in [0, 0.1) is 13.8 Å². The molecule has 2 aromatic carbocycles. The van der Waals surface area contributed by atoms with Crippen LogP contribution in [0.1, 0.15) is 16.7 Å². The molecule has 0 atom stereocenters. The number of hydrogen-bond donors (Lipinski definition) is 1. The summed E-state index contributed by atoms with van der Waals surface area (Å²) in [5.41, 5.74) is 11.4. The van der Waals surface area contributed by atoms with Gasteiger partial charge in [-0.05, 0) is 37.1 Å². The molecule has 0 heterocycles. The van der Waals surface area contributed by atoms with Gasteiger partial charge in [-0.2, -0.15) is 0 Å². The van der Waals surface area contributed by atoms with E-state index in [2.05, 4.69) is 32.0 Å². The smallest absolute Gasteiger partial charge is 0.144 e. The first-order valence-electron chi connectivity index (χ1n) is 6.73. The highest BCUT2D eigenvalue weighted by atomic mass is 16.5. The van der Waals surface area contributed by atoms with E-state index < -0.39 is 0 Å². The number of anilines is 2. The van der Waals surface area contributed by atoms with E-state index >= 15 is 0 Å². The second-order valence-electron chi connectivity index (χ2n) is 5.34. The molecule has 0 unspecified atom stereocenters. The van der Waals surface area contributed by atoms with Crippen LogP contribution in [0.15, 0.2) is 36.4 Å². The Morgan fingerprint density at radius 2 is 1.80 bits per heavy atom. The molecule has 20 heavy (non-hydrogen) atoms. The quantitative estimate of drug-likeness (QED) is 0.864. The highest BCUT2D eigenvalue weighted by molar-refractivity contribution is 5.61. The molecule has 3 nitrogen and oxygen atoms in total. The molecule has 2 aromatic rings. The molecular formula is C17H22N2O. The Hall–Kier alpha value is -2.16. The van der Waals surface area contributed by atoms with E-state index in [0.29, 0.717) is 12.3 Å². The number of hydrogen-bond acceptors (Lipinski definition) is 3. The topological polar surface area (TPSA) is 38.5 Å². The van der Waals surface area contributed by atoms with E-state index in [4.69, 9.17) is 10.5 Å². The van der Waals surface area contributed by atoms with Crippen molar-refractivity contribution in [3.8, 4) is 5.75 Å². The van der Waals surface area contributed by atoms with Crippen molar-refractivity contribution in [2.75, 3.05) is 24.7 Å². The van der Waals surface area contributed by atoms with E-state index in [9.17, 15) is 0 Å². The van der Waals surface area contributed by atoms with Crippen molar-refractivity contribution in [3.05, 3.63) is 53.1 Å². The molecule has 2 N–H and O–H groups in total. The standard InChI is InChI=1S/C17H22N2O/c1-12-5-6-13(2)14(9-12)11-20-17-10-15(19(3)4)7-8-16(17)18/h5-10H,11,18H2,1-4H3. The maximum Gasteiger partial charge on any atom is 0.144 e. The summed E-state index contributed by atoms with van der Waals surface area (Å²) in [5.74, 6) is 0.733. The molecule has 0 spiro atoms. The summed E-state index contributed by atoms with van der Waals surface area (Å²) in [5, 5.41) is 0. The van der Waals surface area contributed by atoms with Gasteiger partial charge in [-0.1, -0.05) is 23.8 Å². The first-order chi connectivity index (χ1) is 9.47. The normalized spacial score (nSPS) is 10.4. The van der Waals surface area contributed by atoms with Gasteiger partial charge in [0.05, 0.1) is 5.69 Å². The first kappa shape index (κ1) is 14.3. The van der Waals surface area contributed by atoms with Gasteiger partial charge in [-0.3, -0.25) is 0 Å². The molecule has 0 aliphatic carbocycles. The molecule has 106 valence electrons. The van der Waals surface area contributed by atoms with Crippen molar-refractivity contribution >= 4 is 11.4 Å². The maximum atomic E-state index is 5.98. The Bertz CT molecular complexity index is 606. The van der Waals surface area contributed by atoms with Crippen LogP contribution in [0.25, 0.3) is 0 Å². The van der Waals surface area contributed by atoms with Crippen molar-refractivity contribution in [2.45, 2.75) is 20.5 Å². The predicted molar refractivity (Wildman–Crippen MR) is 85.4 cm³/mol. The third-order valence-electron chi connectivity index (χ3n) is 3.40. The zero-order valence-electron chi connectivity index (χ0n) is 12.6. The second-order valence-corrected chi connectivity index (χ2v) is 5.34. The average Bonchev–Trinajstić information content (AvgIpc) is 2.41. The van der Waals surface area contributed by atoms with Crippen LogP contribution >= 0.6 is 0 Å². The van der Waals surface area contributed by atoms with Crippen molar-refractivity contribution in [2.24, 2.45) is 0 Å². The van der Waals surface area contributed by atoms with Gasteiger partial charge in [0.1, 0.15) is 12.4 Å². The predicted octanol–water partition coefficient (Wildman–Crippen LogP) is 3.53. The van der Waals surface area contributed by atoms with Gasteiger partial charge < -0.3 is 15.4 Å². The molecule has 3 heteroatoms. The first-order valence-corrected chi connectivity index (χ1v) is 6.73. The second kappa shape index (κ2) is 5.87. The molecule has 0 saturated heterocycles. The fourth-order valence-electron chi connectivity index (χ4n) is 2.04. The van der Waals surface area contributed by atoms with E-state index in [-0.39, 0.29) is 0 Å². The lowest BCUT2D eigenvalue weighted by Gasteiger charge is -2.16. The summed E-state index contributed by atoms with van der Waals surface area (Å²) in [7, 11) is 4.00. The van der Waals surface area contributed by atoms with Gasteiger partial charge >= 0.3 is 0 Å². The van der Waals surface area contributed by atoms with E-state index in [1.807, 2.05) is 37.2 Å². The number of benzene rings is 2. The minimum Gasteiger partial charge on any atom is -0.487 e. The lowest BCUT2D eigenvalue weighted by molar-refractivity contribution is 0.307. The summed E-state index contributed by atoms with van der Waals surface area (Å²) >= 11 is 0. The third-order valence-corrected chi connectivity index (χ3v) is 3.40. The zero-order chi connectivity index (χ0) is 14.7. The van der Waals surface area contributed by atoms with Crippen molar-refractivity contribution in [1.29, 1.82) is 0 Å². The van der Waals surface area contributed by atoms with Gasteiger partial charge in [0.25, 0.3) is 0 Å². The molecule has 0 saturated carbocycles. The molecule has 0 aliphatic heterocycles. The van der Waals surface area contributed by atoms with Crippen LogP contribution in [0.4, 0.5) is 11.4 Å². The van der Waals surface area contributed by atoms with Crippen LogP contribution in [-0.2, 0) is 6.61 Å². The summed E-state index contributed by atoms with van der Waals surface area (Å²) in [6, 6.07) is 12.2. The molecule has 0 radical (unpaired) electrons. The Morgan fingerprint density at radius 1 is 1.05 bits per heavy atom. The Morgan fingerprint density at radius 3 is 2.50 bits per heavy atom. The van der Waals surface area contributed by atoms with Crippen molar-refractivity contribution < 1.29 is 4.74 Å². The summed E-state index contributed by atoms with van der Waals surface area (Å²) in [6.45, 7) is 4.72. The minimum absolute atomic E-state index is 0.536. The Labute approximate surface area is 121 Å². The lowest BCUT2D eigenvalue weighted by atomic mass is 10.1. The summed E-state index contributed by atoms with van der Waals surface area (Å²) in [4.78, 5) is 2.03. The molecule has 2 rings (SSSR count). The molecule has 0 aliphatic rings. The number of nitrogens with two attached hydrogens (primary N) is 1. The molecule has 0 fully saturated rings. The van der Waals surface area contributed by atoms with Gasteiger partial charge in [0, 0.05) is 25.8 Å². The number of aryl methyl sites for hydroxylation is 2. The summed E-state index contributed by atoms with van der Waals surface area (Å²) in [6.07, 6.45) is 0. The largest absolute Gasteiger partial charge is 0.487 e. The Balaban J connectivity index is 2.18. The van der Waals surface area contributed by atoms with Crippen molar-refractivity contribution in [1.82, 2.24) is 0 Å². The van der Waals surface area contributed by atoms with Crippen LogP contribution < -0.4 is 15.4 Å².